The first-order chi connectivity index (χ1) is 8.49. The minimum atomic E-state index is -0.293. The molecular formula is C14H27NO2S. The van der Waals surface area contributed by atoms with E-state index in [1.165, 1.54) is 12.8 Å². The van der Waals surface area contributed by atoms with Crippen LogP contribution in [0.1, 0.15) is 40.0 Å². The van der Waals surface area contributed by atoms with Gasteiger partial charge in [-0.2, -0.15) is 12.6 Å². The van der Waals surface area contributed by atoms with E-state index < -0.39 is 0 Å². The van der Waals surface area contributed by atoms with Gasteiger partial charge in [-0.3, -0.25) is 4.79 Å². The lowest BCUT2D eigenvalue weighted by Gasteiger charge is -2.37. The van der Waals surface area contributed by atoms with Crippen molar-refractivity contribution in [1.82, 2.24) is 5.32 Å². The Morgan fingerprint density at radius 2 is 2.11 bits per heavy atom. The van der Waals surface area contributed by atoms with Gasteiger partial charge in [-0.25, -0.2) is 0 Å². The molecule has 1 N–H and O–H groups in total. The summed E-state index contributed by atoms with van der Waals surface area (Å²) in [6.07, 6.45) is 3.50. The third-order valence-electron chi connectivity index (χ3n) is 4.04. The third kappa shape index (κ3) is 4.16. The quantitative estimate of drug-likeness (QED) is 0.597. The number of thiol groups is 1. The fraction of sp³-hybridized carbons (Fsp3) is 0.929. The first kappa shape index (κ1) is 15.8. The molecular weight excluding hydrogens is 246 g/mol. The Bertz CT molecular complexity index is 267. The first-order valence-electron chi connectivity index (χ1n) is 6.98. The van der Waals surface area contributed by atoms with E-state index in [0.717, 1.165) is 6.42 Å². The maximum absolute atomic E-state index is 12.0. The van der Waals surface area contributed by atoms with Crippen molar-refractivity contribution in [2.75, 3.05) is 12.8 Å². The van der Waals surface area contributed by atoms with E-state index in [9.17, 15) is 4.79 Å². The zero-order chi connectivity index (χ0) is 13.7. The second-order valence-electron chi connectivity index (χ2n) is 5.83. The number of esters is 1. The van der Waals surface area contributed by atoms with E-state index in [4.69, 9.17) is 4.74 Å². The van der Waals surface area contributed by atoms with E-state index in [-0.39, 0.29) is 18.1 Å². The lowest BCUT2D eigenvalue weighted by molar-refractivity contribution is -0.157. The Balaban J connectivity index is 2.63. The van der Waals surface area contributed by atoms with Gasteiger partial charge in [0.25, 0.3) is 0 Å². The molecule has 1 aliphatic carbocycles. The SMILES string of the molecule is CN[C@@H](CS)C(=O)OC1CC(C)CCC1C(C)C. The Kier molecular flexibility index (Phi) is 6.50. The number of hydrogen-bond donors (Lipinski definition) is 2. The number of likely N-dealkylation sites (N-methyl/N-ethyl adjacent to an activating group) is 1. The number of hydrogen-bond acceptors (Lipinski definition) is 4. The molecule has 0 aromatic carbocycles. The minimum absolute atomic E-state index is 0.0805. The summed E-state index contributed by atoms with van der Waals surface area (Å²) in [5.74, 6) is 2.05. The van der Waals surface area contributed by atoms with Crippen molar-refractivity contribution >= 4 is 18.6 Å². The molecule has 1 fully saturated rings. The molecule has 0 heterocycles. The van der Waals surface area contributed by atoms with Gasteiger partial charge in [-0.15, -0.1) is 0 Å². The second-order valence-corrected chi connectivity index (χ2v) is 6.19. The molecule has 1 saturated carbocycles. The van der Waals surface area contributed by atoms with Gasteiger partial charge in [-0.1, -0.05) is 27.2 Å². The van der Waals surface area contributed by atoms with E-state index in [2.05, 4.69) is 38.7 Å². The molecule has 3 unspecified atom stereocenters. The summed E-state index contributed by atoms with van der Waals surface area (Å²) >= 11 is 4.17. The normalized spacial score (nSPS) is 30.2. The highest BCUT2D eigenvalue weighted by molar-refractivity contribution is 7.80. The molecule has 0 aromatic rings. The molecule has 4 atom stereocenters. The van der Waals surface area contributed by atoms with Crippen LogP contribution < -0.4 is 5.32 Å². The first-order valence-corrected chi connectivity index (χ1v) is 7.61. The van der Waals surface area contributed by atoms with Gasteiger partial charge in [0, 0.05) is 5.75 Å². The summed E-state index contributed by atoms with van der Waals surface area (Å²) in [6.45, 7) is 6.68. The fourth-order valence-electron chi connectivity index (χ4n) is 2.77. The average molecular weight is 273 g/mol. The van der Waals surface area contributed by atoms with Crippen LogP contribution in [0.25, 0.3) is 0 Å². The predicted octanol–water partition coefficient (Wildman–Crippen LogP) is 2.51. The maximum atomic E-state index is 12.0. The van der Waals surface area contributed by atoms with Crippen LogP contribution in [-0.4, -0.2) is 30.9 Å². The molecule has 1 rings (SSSR count). The van der Waals surface area contributed by atoms with Crippen LogP contribution in [-0.2, 0) is 9.53 Å². The monoisotopic (exact) mass is 273 g/mol. The van der Waals surface area contributed by atoms with Gasteiger partial charge in [0.2, 0.25) is 0 Å². The highest BCUT2D eigenvalue weighted by Gasteiger charge is 2.34. The Morgan fingerprint density at radius 1 is 1.44 bits per heavy atom. The van der Waals surface area contributed by atoms with Gasteiger partial charge in [-0.05, 0) is 37.6 Å². The highest BCUT2D eigenvalue weighted by atomic mass is 32.1. The summed E-state index contributed by atoms with van der Waals surface area (Å²) in [6, 6.07) is -0.293. The second kappa shape index (κ2) is 7.39. The zero-order valence-corrected chi connectivity index (χ0v) is 12.9. The summed E-state index contributed by atoms with van der Waals surface area (Å²) in [7, 11) is 1.77. The van der Waals surface area contributed by atoms with Gasteiger partial charge >= 0.3 is 5.97 Å². The molecule has 3 nitrogen and oxygen atoms in total. The van der Waals surface area contributed by atoms with Gasteiger partial charge in [0.05, 0.1) is 0 Å². The van der Waals surface area contributed by atoms with Crippen LogP contribution in [0.5, 0.6) is 0 Å². The molecule has 0 bridgehead atoms. The largest absolute Gasteiger partial charge is 0.461 e. The van der Waals surface area contributed by atoms with Crippen molar-refractivity contribution in [1.29, 1.82) is 0 Å². The molecule has 0 saturated heterocycles. The van der Waals surface area contributed by atoms with Crippen molar-refractivity contribution in [3.63, 3.8) is 0 Å². The van der Waals surface area contributed by atoms with Crippen LogP contribution in [0, 0.1) is 17.8 Å². The predicted molar refractivity (Wildman–Crippen MR) is 77.9 cm³/mol. The highest BCUT2D eigenvalue weighted by Crippen LogP contribution is 2.35. The van der Waals surface area contributed by atoms with Crippen LogP contribution in [0.15, 0.2) is 0 Å². The minimum Gasteiger partial charge on any atom is -0.461 e. The van der Waals surface area contributed by atoms with Crippen LogP contribution >= 0.6 is 12.6 Å². The maximum Gasteiger partial charge on any atom is 0.324 e. The smallest absolute Gasteiger partial charge is 0.324 e. The summed E-state index contributed by atoms with van der Waals surface area (Å²) < 4.78 is 5.73. The standard InChI is InChI=1S/C14H27NO2S/c1-9(2)11-6-5-10(3)7-13(11)17-14(16)12(8-18)15-4/h9-13,15,18H,5-8H2,1-4H3/t10?,11?,12-,13?/m0/s1. The molecule has 0 amide bonds. The molecule has 0 aliphatic heterocycles. The van der Waals surface area contributed by atoms with Crippen molar-refractivity contribution in [2.24, 2.45) is 17.8 Å². The Hall–Kier alpha value is -0.220. The topological polar surface area (TPSA) is 38.3 Å². The number of carbonyl (C=O) groups is 1. The fourth-order valence-corrected chi connectivity index (χ4v) is 3.10. The van der Waals surface area contributed by atoms with Crippen molar-refractivity contribution in [3.8, 4) is 0 Å². The van der Waals surface area contributed by atoms with E-state index in [0.29, 0.717) is 23.5 Å². The summed E-state index contributed by atoms with van der Waals surface area (Å²) in [5, 5.41) is 2.95. The van der Waals surface area contributed by atoms with Gasteiger partial charge in [0.15, 0.2) is 0 Å². The lowest BCUT2D eigenvalue weighted by Crippen LogP contribution is -2.43. The van der Waals surface area contributed by atoms with Gasteiger partial charge in [0.1, 0.15) is 12.1 Å². The lowest BCUT2D eigenvalue weighted by atomic mass is 9.75. The number of carbonyl (C=O) groups excluding carboxylic acids is 1. The molecule has 4 heteroatoms. The molecule has 0 spiro atoms. The zero-order valence-electron chi connectivity index (χ0n) is 12.0. The number of ether oxygens (including phenoxy) is 1. The molecule has 106 valence electrons. The van der Waals surface area contributed by atoms with Gasteiger partial charge < -0.3 is 10.1 Å². The molecule has 0 radical (unpaired) electrons. The van der Waals surface area contributed by atoms with Crippen LogP contribution in [0.2, 0.25) is 0 Å². The van der Waals surface area contributed by atoms with Crippen molar-refractivity contribution < 1.29 is 9.53 Å². The summed E-state index contributed by atoms with van der Waals surface area (Å²) in [5.41, 5.74) is 0. The number of rotatable bonds is 5. The molecule has 18 heavy (non-hydrogen) atoms. The average Bonchev–Trinajstić information content (AvgIpc) is 2.30. The summed E-state index contributed by atoms with van der Waals surface area (Å²) in [4.78, 5) is 12.0. The number of nitrogens with one attached hydrogen (secondary N) is 1. The van der Waals surface area contributed by atoms with Crippen LogP contribution in [0.4, 0.5) is 0 Å². The van der Waals surface area contributed by atoms with Crippen molar-refractivity contribution in [2.45, 2.75) is 52.2 Å². The van der Waals surface area contributed by atoms with Crippen molar-refractivity contribution in [3.05, 3.63) is 0 Å². The van der Waals surface area contributed by atoms with E-state index in [1.54, 1.807) is 7.05 Å². The van der Waals surface area contributed by atoms with E-state index in [1.807, 2.05) is 0 Å². The van der Waals surface area contributed by atoms with Crippen LogP contribution in [0.3, 0.4) is 0 Å². The van der Waals surface area contributed by atoms with E-state index >= 15 is 0 Å². The third-order valence-corrected chi connectivity index (χ3v) is 4.41. The molecule has 1 aliphatic rings. The molecule has 0 aromatic heterocycles. The Morgan fingerprint density at radius 3 is 2.61 bits per heavy atom. The Labute approximate surface area is 116 Å².